The molecule has 0 aliphatic carbocycles. The first-order valence-electron chi connectivity index (χ1n) is 8.32. The molecule has 0 bridgehead atoms. The zero-order chi connectivity index (χ0) is 19.9. The van der Waals surface area contributed by atoms with Gasteiger partial charge in [0.2, 0.25) is 0 Å². The molecule has 3 heterocycles. The van der Waals surface area contributed by atoms with Crippen LogP contribution in [0.5, 0.6) is 0 Å². The molecule has 2 saturated heterocycles. The second-order valence-electron chi connectivity index (χ2n) is 6.59. The fourth-order valence-electron chi connectivity index (χ4n) is 3.19. The summed E-state index contributed by atoms with van der Waals surface area (Å²) in [7, 11) is 0. The standard InChI is InChI=1S/C14H23N3O10/c18-2-5-7(20)9(22)11(24)13(26-5)4-1-17(16-15-4)14-12(25)10(23)8(21)6(3-19)27-14/h1,5-14,18-25H,2-3H2/t5-,6-,7-,8-,9+,10+,11+,12+,13-,14+/m1/s1. The summed E-state index contributed by atoms with van der Waals surface area (Å²) >= 11 is 0. The Balaban J connectivity index is 1.82. The molecule has 13 heteroatoms. The molecule has 27 heavy (non-hydrogen) atoms. The lowest BCUT2D eigenvalue weighted by Gasteiger charge is -2.40. The minimum atomic E-state index is -1.61. The first-order chi connectivity index (χ1) is 12.8. The first-order valence-corrected chi connectivity index (χ1v) is 8.32. The van der Waals surface area contributed by atoms with Crippen molar-refractivity contribution in [2.45, 2.75) is 61.2 Å². The van der Waals surface area contributed by atoms with Gasteiger partial charge in [-0.15, -0.1) is 5.10 Å². The van der Waals surface area contributed by atoms with Crippen LogP contribution in [0.3, 0.4) is 0 Å². The third-order valence-electron chi connectivity index (χ3n) is 4.84. The van der Waals surface area contributed by atoms with Crippen molar-refractivity contribution in [1.29, 1.82) is 0 Å². The van der Waals surface area contributed by atoms with E-state index >= 15 is 0 Å². The molecule has 0 saturated carbocycles. The Hall–Kier alpha value is -1.26. The quantitative estimate of drug-likeness (QED) is 0.241. The average molecular weight is 393 g/mol. The Morgan fingerprint density at radius 3 is 1.93 bits per heavy atom. The molecule has 0 unspecified atom stereocenters. The maximum Gasteiger partial charge on any atom is 0.180 e. The van der Waals surface area contributed by atoms with Crippen LogP contribution in [-0.4, -0.2) is 118 Å². The SMILES string of the molecule is OC[C@H]1O[C@H](c2cn([C@H]3O[C@H](CO)[C@@H](O)[C@H](O)[C@@H]3O)nn2)[C@@H](O)[C@@H](O)[C@@H]1O. The lowest BCUT2D eigenvalue weighted by atomic mass is 9.94. The number of aliphatic hydroxyl groups is 8. The summed E-state index contributed by atoms with van der Waals surface area (Å²) in [5, 5.41) is 85.5. The van der Waals surface area contributed by atoms with Crippen molar-refractivity contribution in [1.82, 2.24) is 15.0 Å². The summed E-state index contributed by atoms with van der Waals surface area (Å²) in [6, 6.07) is 0. The van der Waals surface area contributed by atoms with Gasteiger partial charge in [-0.05, 0) is 0 Å². The van der Waals surface area contributed by atoms with Crippen LogP contribution < -0.4 is 0 Å². The maximum atomic E-state index is 10.1. The smallest absolute Gasteiger partial charge is 0.180 e. The number of ether oxygens (including phenoxy) is 2. The number of aromatic nitrogens is 3. The van der Waals surface area contributed by atoms with E-state index in [0.29, 0.717) is 0 Å². The molecule has 1 aromatic heterocycles. The van der Waals surface area contributed by atoms with Gasteiger partial charge < -0.3 is 50.3 Å². The van der Waals surface area contributed by atoms with Crippen molar-refractivity contribution < 1.29 is 50.3 Å². The van der Waals surface area contributed by atoms with Crippen LogP contribution in [0.2, 0.25) is 0 Å². The second-order valence-corrected chi connectivity index (χ2v) is 6.59. The van der Waals surface area contributed by atoms with Crippen LogP contribution in [0.1, 0.15) is 18.0 Å². The molecule has 8 N–H and O–H groups in total. The van der Waals surface area contributed by atoms with Gasteiger partial charge in [0, 0.05) is 0 Å². The van der Waals surface area contributed by atoms with E-state index in [4.69, 9.17) is 9.47 Å². The lowest BCUT2D eigenvalue weighted by molar-refractivity contribution is -0.254. The van der Waals surface area contributed by atoms with E-state index in [1.165, 1.54) is 6.20 Å². The highest BCUT2D eigenvalue weighted by molar-refractivity contribution is 5.07. The van der Waals surface area contributed by atoms with Gasteiger partial charge in [0.1, 0.15) is 60.6 Å². The summed E-state index contributed by atoms with van der Waals surface area (Å²) in [6.07, 6.45) is -13.0. The van der Waals surface area contributed by atoms with E-state index < -0.39 is 74.4 Å². The lowest BCUT2D eigenvalue weighted by Crippen LogP contribution is -2.56. The van der Waals surface area contributed by atoms with Crippen LogP contribution in [0.25, 0.3) is 0 Å². The van der Waals surface area contributed by atoms with Gasteiger partial charge in [-0.1, -0.05) is 5.21 Å². The molecular weight excluding hydrogens is 370 g/mol. The van der Waals surface area contributed by atoms with E-state index in [2.05, 4.69) is 10.3 Å². The van der Waals surface area contributed by atoms with Crippen molar-refractivity contribution in [3.63, 3.8) is 0 Å². The van der Waals surface area contributed by atoms with E-state index in [1.807, 2.05) is 0 Å². The fraction of sp³-hybridized carbons (Fsp3) is 0.857. The van der Waals surface area contributed by atoms with Gasteiger partial charge in [-0.2, -0.15) is 0 Å². The van der Waals surface area contributed by atoms with Crippen LogP contribution in [-0.2, 0) is 9.47 Å². The number of nitrogens with zero attached hydrogens (tertiary/aromatic N) is 3. The molecular formula is C14H23N3O10. The maximum absolute atomic E-state index is 10.1. The van der Waals surface area contributed by atoms with Gasteiger partial charge >= 0.3 is 0 Å². The van der Waals surface area contributed by atoms with Gasteiger partial charge in [0.25, 0.3) is 0 Å². The number of rotatable bonds is 4. The molecule has 0 radical (unpaired) electrons. The first kappa shape index (κ1) is 20.5. The summed E-state index contributed by atoms with van der Waals surface area (Å²) in [4.78, 5) is 0. The Morgan fingerprint density at radius 2 is 1.33 bits per heavy atom. The predicted molar refractivity (Wildman–Crippen MR) is 81.8 cm³/mol. The summed E-state index contributed by atoms with van der Waals surface area (Å²) < 4.78 is 11.7. The molecule has 2 aliphatic heterocycles. The van der Waals surface area contributed by atoms with Crippen molar-refractivity contribution in [2.24, 2.45) is 0 Å². The Kier molecular flexibility index (Phi) is 6.07. The van der Waals surface area contributed by atoms with Gasteiger partial charge in [0.05, 0.1) is 19.4 Å². The molecule has 13 nitrogen and oxygen atoms in total. The zero-order valence-corrected chi connectivity index (χ0v) is 14.0. The molecule has 154 valence electrons. The summed E-state index contributed by atoms with van der Waals surface area (Å²) in [6.45, 7) is -1.22. The molecule has 0 spiro atoms. The second kappa shape index (κ2) is 8.00. The highest BCUT2D eigenvalue weighted by atomic mass is 16.6. The van der Waals surface area contributed by atoms with Gasteiger partial charge in [0.15, 0.2) is 6.23 Å². The molecule has 0 amide bonds. The van der Waals surface area contributed by atoms with Crippen LogP contribution >= 0.6 is 0 Å². The molecule has 3 rings (SSSR count). The monoisotopic (exact) mass is 393 g/mol. The Morgan fingerprint density at radius 1 is 0.778 bits per heavy atom. The predicted octanol–water partition coefficient (Wildman–Crippen LogP) is -5.23. The van der Waals surface area contributed by atoms with Crippen LogP contribution in [0.4, 0.5) is 0 Å². The highest BCUT2D eigenvalue weighted by Crippen LogP contribution is 2.33. The normalized spacial score (nSPS) is 45.8. The topological polar surface area (TPSA) is 211 Å². The van der Waals surface area contributed by atoms with E-state index in [9.17, 15) is 40.9 Å². The van der Waals surface area contributed by atoms with Crippen LogP contribution in [0.15, 0.2) is 6.20 Å². The molecule has 10 atom stereocenters. The Labute approximate surface area is 152 Å². The van der Waals surface area contributed by atoms with Crippen molar-refractivity contribution in [2.75, 3.05) is 13.2 Å². The minimum absolute atomic E-state index is 0.00357. The van der Waals surface area contributed by atoms with Crippen molar-refractivity contribution in [3.8, 4) is 0 Å². The van der Waals surface area contributed by atoms with Gasteiger partial charge in [-0.3, -0.25) is 0 Å². The molecule has 2 fully saturated rings. The zero-order valence-electron chi connectivity index (χ0n) is 14.0. The number of hydrogen-bond donors (Lipinski definition) is 8. The molecule has 1 aromatic rings. The highest BCUT2D eigenvalue weighted by Gasteiger charge is 2.47. The largest absolute Gasteiger partial charge is 0.394 e. The Bertz CT molecular complexity index is 578. The van der Waals surface area contributed by atoms with E-state index in [0.717, 1.165) is 4.68 Å². The third kappa shape index (κ3) is 3.58. The molecule has 0 aromatic carbocycles. The average Bonchev–Trinajstić information content (AvgIpc) is 3.14. The van der Waals surface area contributed by atoms with Gasteiger partial charge in [-0.25, -0.2) is 4.68 Å². The van der Waals surface area contributed by atoms with E-state index in [-0.39, 0.29) is 5.69 Å². The third-order valence-corrected chi connectivity index (χ3v) is 4.84. The van der Waals surface area contributed by atoms with Crippen molar-refractivity contribution in [3.05, 3.63) is 11.9 Å². The van der Waals surface area contributed by atoms with Crippen LogP contribution in [0, 0.1) is 0 Å². The van der Waals surface area contributed by atoms with Crippen molar-refractivity contribution >= 4 is 0 Å². The number of hydrogen-bond acceptors (Lipinski definition) is 12. The fourth-order valence-corrected chi connectivity index (χ4v) is 3.19. The van der Waals surface area contributed by atoms with E-state index in [1.54, 1.807) is 0 Å². The number of aliphatic hydroxyl groups excluding tert-OH is 8. The molecule has 2 aliphatic rings. The minimum Gasteiger partial charge on any atom is -0.394 e. The summed E-state index contributed by atoms with van der Waals surface area (Å²) in [5.74, 6) is 0. The summed E-state index contributed by atoms with van der Waals surface area (Å²) in [5.41, 5.74) is 0.00357.